The molecule has 1 aromatic rings. The summed E-state index contributed by atoms with van der Waals surface area (Å²) in [5, 5.41) is 10.7. The van der Waals surface area contributed by atoms with Gasteiger partial charge in [0.15, 0.2) is 5.96 Å². The zero-order valence-corrected chi connectivity index (χ0v) is 12.1. The Morgan fingerprint density at radius 1 is 1.42 bits per heavy atom. The first-order valence-corrected chi connectivity index (χ1v) is 6.90. The minimum atomic E-state index is 0.419. The van der Waals surface area contributed by atoms with Crippen LogP contribution in [0.15, 0.2) is 11.3 Å². The van der Waals surface area contributed by atoms with Crippen LogP contribution in [0.1, 0.15) is 38.4 Å². The second kappa shape index (κ2) is 6.04. The van der Waals surface area contributed by atoms with Gasteiger partial charge in [-0.15, -0.1) is 0 Å². The minimum absolute atomic E-state index is 0.419. The van der Waals surface area contributed by atoms with Gasteiger partial charge in [0.25, 0.3) is 0 Å². The van der Waals surface area contributed by atoms with E-state index in [-0.39, 0.29) is 0 Å². The highest BCUT2D eigenvalue weighted by molar-refractivity contribution is 5.79. The number of aromatic nitrogens is 3. The number of hydrogen-bond donors (Lipinski definition) is 2. The molecule has 0 bridgehead atoms. The number of hydrogen-bond acceptors (Lipinski definition) is 3. The molecule has 6 heteroatoms. The Morgan fingerprint density at radius 3 is 2.74 bits per heavy atom. The predicted molar refractivity (Wildman–Crippen MR) is 75.8 cm³/mol. The van der Waals surface area contributed by atoms with Crippen LogP contribution in [0.2, 0.25) is 0 Å². The number of aryl methyl sites for hydroxylation is 1. The van der Waals surface area contributed by atoms with Crippen molar-refractivity contribution in [3.05, 3.63) is 12.2 Å². The van der Waals surface area contributed by atoms with Gasteiger partial charge in [-0.2, -0.15) is 5.10 Å². The van der Waals surface area contributed by atoms with E-state index in [1.807, 2.05) is 7.05 Å². The molecule has 0 amide bonds. The summed E-state index contributed by atoms with van der Waals surface area (Å²) in [6.07, 6.45) is 6.87. The van der Waals surface area contributed by atoms with Crippen molar-refractivity contribution in [1.82, 2.24) is 25.4 Å². The normalized spacial score (nSPS) is 18.6. The molecule has 1 aliphatic carbocycles. The maximum atomic E-state index is 4.25. The van der Waals surface area contributed by atoms with Gasteiger partial charge in [-0.25, -0.2) is 4.98 Å². The molecular weight excluding hydrogens is 240 g/mol. The van der Waals surface area contributed by atoms with Gasteiger partial charge in [0.05, 0.1) is 6.54 Å². The van der Waals surface area contributed by atoms with Crippen LogP contribution in [-0.4, -0.2) is 34.3 Å². The van der Waals surface area contributed by atoms with E-state index in [2.05, 4.69) is 32.6 Å². The predicted octanol–water partition coefficient (Wildman–Crippen LogP) is 1.06. The Kier molecular flexibility index (Phi) is 4.39. The summed E-state index contributed by atoms with van der Waals surface area (Å²) < 4.78 is 1.76. The summed E-state index contributed by atoms with van der Waals surface area (Å²) in [7, 11) is 3.68. The van der Waals surface area contributed by atoms with Gasteiger partial charge in [-0.1, -0.05) is 19.8 Å². The third-order valence-electron chi connectivity index (χ3n) is 3.94. The van der Waals surface area contributed by atoms with Crippen LogP contribution < -0.4 is 10.6 Å². The molecule has 1 aliphatic rings. The van der Waals surface area contributed by atoms with E-state index in [0.29, 0.717) is 12.0 Å². The fraction of sp³-hybridized carbons (Fsp3) is 0.769. The standard InChI is InChI=1S/C13H24N6/c1-13(6-4-5-7-13)9-16-12(14-2)15-8-11-17-10-18-19(11)3/h10H,4-9H2,1-3H3,(H2,14,15,16). The van der Waals surface area contributed by atoms with Crippen molar-refractivity contribution in [3.8, 4) is 0 Å². The van der Waals surface area contributed by atoms with Crippen molar-refractivity contribution >= 4 is 5.96 Å². The molecule has 0 atom stereocenters. The largest absolute Gasteiger partial charge is 0.356 e. The molecule has 19 heavy (non-hydrogen) atoms. The van der Waals surface area contributed by atoms with E-state index in [4.69, 9.17) is 0 Å². The zero-order chi connectivity index (χ0) is 13.7. The molecule has 106 valence electrons. The third kappa shape index (κ3) is 3.68. The lowest BCUT2D eigenvalue weighted by Gasteiger charge is -2.25. The van der Waals surface area contributed by atoms with Crippen LogP contribution in [0.4, 0.5) is 0 Å². The SMILES string of the molecule is CN=C(NCc1ncnn1C)NCC1(C)CCCC1. The van der Waals surface area contributed by atoms with Gasteiger partial charge in [-0.05, 0) is 18.3 Å². The van der Waals surface area contributed by atoms with Gasteiger partial charge in [0.2, 0.25) is 0 Å². The second-order valence-electron chi connectivity index (χ2n) is 5.60. The first-order valence-electron chi connectivity index (χ1n) is 6.90. The van der Waals surface area contributed by atoms with Crippen molar-refractivity contribution < 1.29 is 0 Å². The van der Waals surface area contributed by atoms with Crippen LogP contribution in [0.5, 0.6) is 0 Å². The average Bonchev–Trinajstić information content (AvgIpc) is 3.00. The molecule has 0 saturated heterocycles. The van der Waals surface area contributed by atoms with Crippen LogP contribution in [0, 0.1) is 5.41 Å². The van der Waals surface area contributed by atoms with E-state index in [0.717, 1.165) is 18.3 Å². The fourth-order valence-electron chi connectivity index (χ4n) is 2.57. The fourth-order valence-corrected chi connectivity index (χ4v) is 2.57. The monoisotopic (exact) mass is 264 g/mol. The molecule has 1 heterocycles. The van der Waals surface area contributed by atoms with E-state index in [1.54, 1.807) is 18.1 Å². The van der Waals surface area contributed by atoms with Crippen molar-refractivity contribution in [2.75, 3.05) is 13.6 Å². The van der Waals surface area contributed by atoms with Gasteiger partial charge in [0, 0.05) is 20.6 Å². The molecule has 0 spiro atoms. The lowest BCUT2D eigenvalue weighted by molar-refractivity contribution is 0.334. The topological polar surface area (TPSA) is 67.1 Å². The number of aliphatic imine (C=N–C) groups is 1. The second-order valence-corrected chi connectivity index (χ2v) is 5.60. The Labute approximate surface area is 114 Å². The summed E-state index contributed by atoms with van der Waals surface area (Å²) in [6.45, 7) is 3.96. The smallest absolute Gasteiger partial charge is 0.191 e. The Morgan fingerprint density at radius 2 is 2.16 bits per heavy atom. The molecule has 0 aromatic carbocycles. The minimum Gasteiger partial charge on any atom is -0.356 e. The highest BCUT2D eigenvalue weighted by atomic mass is 15.3. The third-order valence-corrected chi connectivity index (χ3v) is 3.94. The summed E-state index contributed by atoms with van der Waals surface area (Å²) in [6, 6.07) is 0. The van der Waals surface area contributed by atoms with Crippen molar-refractivity contribution in [3.63, 3.8) is 0 Å². The number of nitrogens with one attached hydrogen (secondary N) is 2. The lowest BCUT2D eigenvalue weighted by Crippen LogP contribution is -2.42. The molecule has 1 fully saturated rings. The quantitative estimate of drug-likeness (QED) is 0.630. The molecule has 1 saturated carbocycles. The first-order chi connectivity index (χ1) is 9.13. The zero-order valence-electron chi connectivity index (χ0n) is 12.1. The average molecular weight is 264 g/mol. The Hall–Kier alpha value is -1.59. The van der Waals surface area contributed by atoms with Crippen molar-refractivity contribution in [1.29, 1.82) is 0 Å². The van der Waals surface area contributed by atoms with Crippen molar-refractivity contribution in [2.45, 2.75) is 39.2 Å². The summed E-state index contributed by atoms with van der Waals surface area (Å²) in [4.78, 5) is 8.43. The lowest BCUT2D eigenvalue weighted by atomic mass is 9.89. The molecule has 0 radical (unpaired) electrons. The number of rotatable bonds is 4. The van der Waals surface area contributed by atoms with E-state index < -0.39 is 0 Å². The molecule has 2 rings (SSSR count). The summed E-state index contributed by atoms with van der Waals surface area (Å²) in [5.74, 6) is 1.73. The summed E-state index contributed by atoms with van der Waals surface area (Å²) >= 11 is 0. The number of guanidine groups is 1. The molecule has 0 unspecified atom stereocenters. The Bertz CT molecular complexity index is 430. The van der Waals surface area contributed by atoms with E-state index in [9.17, 15) is 0 Å². The van der Waals surface area contributed by atoms with Gasteiger partial charge < -0.3 is 10.6 Å². The maximum absolute atomic E-state index is 4.25. The maximum Gasteiger partial charge on any atom is 0.191 e. The van der Waals surface area contributed by atoms with Crippen LogP contribution in [0.25, 0.3) is 0 Å². The van der Waals surface area contributed by atoms with Gasteiger partial charge in [-0.3, -0.25) is 9.67 Å². The van der Waals surface area contributed by atoms with Crippen LogP contribution in [-0.2, 0) is 13.6 Å². The van der Waals surface area contributed by atoms with Crippen molar-refractivity contribution in [2.24, 2.45) is 17.5 Å². The Balaban J connectivity index is 1.79. The van der Waals surface area contributed by atoms with Gasteiger partial charge in [0.1, 0.15) is 12.2 Å². The molecule has 1 aromatic heterocycles. The first kappa shape index (κ1) is 13.8. The van der Waals surface area contributed by atoms with E-state index >= 15 is 0 Å². The highest BCUT2D eigenvalue weighted by Crippen LogP contribution is 2.36. The molecule has 0 aliphatic heterocycles. The number of nitrogens with zero attached hydrogens (tertiary/aromatic N) is 4. The molecule has 6 nitrogen and oxygen atoms in total. The summed E-state index contributed by atoms with van der Waals surface area (Å²) in [5.41, 5.74) is 0.419. The molecular formula is C13H24N6. The van der Waals surface area contributed by atoms with Crippen LogP contribution >= 0.6 is 0 Å². The van der Waals surface area contributed by atoms with Gasteiger partial charge >= 0.3 is 0 Å². The molecule has 2 N–H and O–H groups in total. The van der Waals surface area contributed by atoms with Crippen LogP contribution in [0.3, 0.4) is 0 Å². The highest BCUT2D eigenvalue weighted by Gasteiger charge is 2.28. The van der Waals surface area contributed by atoms with E-state index in [1.165, 1.54) is 25.7 Å².